The second kappa shape index (κ2) is 5.00. The van der Waals surface area contributed by atoms with Crippen molar-refractivity contribution in [1.82, 2.24) is 10.2 Å². The molecule has 2 aromatic rings. The highest BCUT2D eigenvalue weighted by Crippen LogP contribution is 2.28. The Morgan fingerprint density at radius 3 is 2.76 bits per heavy atom. The molecule has 0 aliphatic rings. The molecular weight excluding hydrogens is 259 g/mol. The fraction of sp³-hybridized carbons (Fsp3) is 0. The lowest BCUT2D eigenvalue weighted by molar-refractivity contribution is 1.03. The fourth-order valence-electron chi connectivity index (χ4n) is 1.23. The van der Waals surface area contributed by atoms with Crippen molar-refractivity contribution in [3.8, 4) is 6.07 Å². The number of hydrogen-bond donors (Lipinski definition) is 1. The SMILES string of the molecule is N#Cc1ccnnc1Nc1ccc(Cl)cc1Cl. The first-order valence-electron chi connectivity index (χ1n) is 4.64. The van der Waals surface area contributed by atoms with E-state index in [0.717, 1.165) is 0 Å². The lowest BCUT2D eigenvalue weighted by Gasteiger charge is -2.07. The Morgan fingerprint density at radius 2 is 2.06 bits per heavy atom. The van der Waals surface area contributed by atoms with Crippen molar-refractivity contribution < 1.29 is 0 Å². The van der Waals surface area contributed by atoms with Gasteiger partial charge >= 0.3 is 0 Å². The molecular formula is C11H6Cl2N4. The monoisotopic (exact) mass is 264 g/mol. The second-order valence-corrected chi connectivity index (χ2v) is 4.00. The molecule has 0 spiro atoms. The second-order valence-electron chi connectivity index (χ2n) is 3.15. The molecule has 0 aliphatic carbocycles. The minimum atomic E-state index is 0.360. The number of nitriles is 1. The number of rotatable bonds is 2. The molecule has 1 heterocycles. The maximum Gasteiger partial charge on any atom is 0.171 e. The van der Waals surface area contributed by atoms with Crippen molar-refractivity contribution in [2.75, 3.05) is 5.32 Å². The molecule has 0 unspecified atom stereocenters. The highest BCUT2D eigenvalue weighted by atomic mass is 35.5. The molecule has 6 heteroatoms. The van der Waals surface area contributed by atoms with Crippen molar-refractivity contribution in [2.45, 2.75) is 0 Å². The first kappa shape index (κ1) is 11.6. The minimum absolute atomic E-state index is 0.360. The molecule has 0 atom stereocenters. The van der Waals surface area contributed by atoms with Gasteiger partial charge in [-0.05, 0) is 24.3 Å². The van der Waals surface area contributed by atoms with Gasteiger partial charge in [0.15, 0.2) is 5.82 Å². The van der Waals surface area contributed by atoms with Crippen molar-refractivity contribution in [3.05, 3.63) is 46.1 Å². The molecule has 0 saturated heterocycles. The largest absolute Gasteiger partial charge is 0.336 e. The Morgan fingerprint density at radius 1 is 1.24 bits per heavy atom. The Kier molecular flexibility index (Phi) is 3.43. The highest BCUT2D eigenvalue weighted by molar-refractivity contribution is 6.36. The zero-order valence-corrected chi connectivity index (χ0v) is 10.00. The third-order valence-electron chi connectivity index (χ3n) is 2.03. The lowest BCUT2D eigenvalue weighted by Crippen LogP contribution is -1.98. The summed E-state index contributed by atoms with van der Waals surface area (Å²) in [5.41, 5.74) is 1.01. The van der Waals surface area contributed by atoms with E-state index in [4.69, 9.17) is 28.5 Å². The number of nitrogens with zero attached hydrogens (tertiary/aromatic N) is 3. The summed E-state index contributed by atoms with van der Waals surface area (Å²) >= 11 is 11.8. The Balaban J connectivity index is 2.35. The zero-order chi connectivity index (χ0) is 12.3. The normalized spacial score (nSPS) is 9.71. The van der Waals surface area contributed by atoms with E-state index in [1.807, 2.05) is 6.07 Å². The Bertz CT molecular complexity index is 592. The topological polar surface area (TPSA) is 61.6 Å². The van der Waals surface area contributed by atoms with Crippen LogP contribution in [0.2, 0.25) is 10.0 Å². The standard InChI is InChI=1S/C11H6Cl2N4/c12-8-1-2-10(9(13)5-8)16-11-7(6-14)3-4-15-17-11/h1-5H,(H,16,17). The lowest BCUT2D eigenvalue weighted by atomic mass is 10.2. The molecule has 0 fully saturated rings. The van der Waals surface area contributed by atoms with E-state index >= 15 is 0 Å². The van der Waals surface area contributed by atoms with E-state index in [9.17, 15) is 0 Å². The van der Waals surface area contributed by atoms with Crippen LogP contribution in [-0.4, -0.2) is 10.2 Å². The summed E-state index contributed by atoms with van der Waals surface area (Å²) in [5, 5.41) is 20.4. The summed E-state index contributed by atoms with van der Waals surface area (Å²) in [5.74, 6) is 0.360. The molecule has 84 valence electrons. The van der Waals surface area contributed by atoms with Crippen molar-refractivity contribution in [2.24, 2.45) is 0 Å². The number of halogens is 2. The van der Waals surface area contributed by atoms with Crippen molar-refractivity contribution >= 4 is 34.7 Å². The van der Waals surface area contributed by atoms with Crippen LogP contribution in [0.5, 0.6) is 0 Å². The number of benzene rings is 1. The first-order valence-corrected chi connectivity index (χ1v) is 5.40. The van der Waals surface area contributed by atoms with Crippen LogP contribution in [0, 0.1) is 11.3 Å². The van der Waals surface area contributed by atoms with E-state index in [2.05, 4.69) is 15.5 Å². The van der Waals surface area contributed by atoms with Gasteiger partial charge < -0.3 is 5.32 Å². The van der Waals surface area contributed by atoms with Gasteiger partial charge in [-0.15, -0.1) is 5.10 Å². The van der Waals surface area contributed by atoms with E-state index < -0.39 is 0 Å². The number of aromatic nitrogens is 2. The predicted molar refractivity (Wildman–Crippen MR) is 66.5 cm³/mol. The minimum Gasteiger partial charge on any atom is -0.336 e. The van der Waals surface area contributed by atoms with Crippen LogP contribution in [0.1, 0.15) is 5.56 Å². The van der Waals surface area contributed by atoms with Gasteiger partial charge in [0, 0.05) is 5.02 Å². The quantitative estimate of drug-likeness (QED) is 0.903. The van der Waals surface area contributed by atoms with E-state index in [1.165, 1.54) is 6.20 Å². The molecule has 0 amide bonds. The van der Waals surface area contributed by atoms with Crippen LogP contribution in [0.4, 0.5) is 11.5 Å². The number of nitrogens with one attached hydrogen (secondary N) is 1. The van der Waals surface area contributed by atoms with Crippen LogP contribution < -0.4 is 5.32 Å². The van der Waals surface area contributed by atoms with Gasteiger partial charge in [0.1, 0.15) is 6.07 Å². The summed E-state index contributed by atoms with van der Waals surface area (Å²) in [6.45, 7) is 0. The third-order valence-corrected chi connectivity index (χ3v) is 2.57. The summed E-state index contributed by atoms with van der Waals surface area (Å²) in [7, 11) is 0. The molecule has 1 aromatic heterocycles. The summed E-state index contributed by atoms with van der Waals surface area (Å²) < 4.78 is 0. The van der Waals surface area contributed by atoms with E-state index in [-0.39, 0.29) is 0 Å². The van der Waals surface area contributed by atoms with Gasteiger partial charge in [0.05, 0.1) is 22.5 Å². The molecule has 0 radical (unpaired) electrons. The zero-order valence-electron chi connectivity index (χ0n) is 8.48. The molecule has 0 saturated carbocycles. The highest BCUT2D eigenvalue weighted by Gasteiger charge is 2.06. The molecule has 2 rings (SSSR count). The average Bonchev–Trinajstić information content (AvgIpc) is 2.33. The van der Waals surface area contributed by atoms with E-state index in [0.29, 0.717) is 27.1 Å². The van der Waals surface area contributed by atoms with E-state index in [1.54, 1.807) is 24.3 Å². The van der Waals surface area contributed by atoms with Crippen LogP contribution in [0.3, 0.4) is 0 Å². The Labute approximate surface area is 108 Å². The summed E-state index contributed by atoms with van der Waals surface area (Å²) in [6, 6.07) is 8.59. The van der Waals surface area contributed by atoms with Crippen molar-refractivity contribution in [3.63, 3.8) is 0 Å². The number of hydrogen-bond acceptors (Lipinski definition) is 4. The van der Waals surface area contributed by atoms with Gasteiger partial charge in [-0.1, -0.05) is 23.2 Å². The van der Waals surface area contributed by atoms with Crippen LogP contribution in [0.15, 0.2) is 30.5 Å². The Hall–Kier alpha value is -1.83. The summed E-state index contributed by atoms with van der Waals surface area (Å²) in [6.07, 6.45) is 1.45. The van der Waals surface area contributed by atoms with Crippen molar-refractivity contribution in [1.29, 1.82) is 5.26 Å². The van der Waals surface area contributed by atoms with Crippen LogP contribution in [0.25, 0.3) is 0 Å². The molecule has 17 heavy (non-hydrogen) atoms. The van der Waals surface area contributed by atoms with Crippen LogP contribution >= 0.6 is 23.2 Å². The average molecular weight is 265 g/mol. The fourth-order valence-corrected chi connectivity index (χ4v) is 1.69. The maximum absolute atomic E-state index is 8.90. The van der Waals surface area contributed by atoms with Gasteiger partial charge in [-0.2, -0.15) is 10.4 Å². The van der Waals surface area contributed by atoms with Gasteiger partial charge in [0.25, 0.3) is 0 Å². The molecule has 0 aliphatic heterocycles. The van der Waals surface area contributed by atoms with Gasteiger partial charge in [-0.25, -0.2) is 0 Å². The molecule has 1 N–H and O–H groups in total. The smallest absolute Gasteiger partial charge is 0.171 e. The van der Waals surface area contributed by atoms with Crippen LogP contribution in [-0.2, 0) is 0 Å². The van der Waals surface area contributed by atoms with Gasteiger partial charge in [-0.3, -0.25) is 0 Å². The maximum atomic E-state index is 8.90. The third kappa shape index (κ3) is 2.64. The predicted octanol–water partition coefficient (Wildman–Crippen LogP) is 3.40. The molecule has 0 bridgehead atoms. The summed E-state index contributed by atoms with van der Waals surface area (Å²) in [4.78, 5) is 0. The molecule has 1 aromatic carbocycles. The first-order chi connectivity index (χ1) is 8.20. The molecule has 4 nitrogen and oxygen atoms in total. The van der Waals surface area contributed by atoms with Gasteiger partial charge in [0.2, 0.25) is 0 Å². The number of anilines is 2.